The molecule has 4 aromatic rings. The smallest absolute Gasteiger partial charge is 0.407 e. The van der Waals surface area contributed by atoms with Gasteiger partial charge in [0.05, 0.1) is 49.2 Å². The summed E-state index contributed by atoms with van der Waals surface area (Å²) >= 11 is 0. The normalized spacial score (nSPS) is 18.1. The summed E-state index contributed by atoms with van der Waals surface area (Å²) in [6, 6.07) is 12.2. The van der Waals surface area contributed by atoms with Crippen LogP contribution in [0.15, 0.2) is 74.0 Å². The van der Waals surface area contributed by atoms with Gasteiger partial charge in [0, 0.05) is 13.1 Å². The van der Waals surface area contributed by atoms with Crippen molar-refractivity contribution in [1.29, 1.82) is 0 Å². The van der Waals surface area contributed by atoms with Gasteiger partial charge in [0.15, 0.2) is 0 Å². The fourth-order valence-corrected chi connectivity index (χ4v) is 7.07. The van der Waals surface area contributed by atoms with E-state index in [0.29, 0.717) is 24.7 Å². The second-order valence-electron chi connectivity index (χ2n) is 12.9. The van der Waals surface area contributed by atoms with Gasteiger partial charge in [0.25, 0.3) is 0 Å². The average Bonchev–Trinajstić information content (AvgIpc) is 3.99. The number of aromatic nitrogens is 4. The van der Waals surface area contributed by atoms with Crippen LogP contribution in [0.5, 0.6) is 0 Å². The van der Waals surface area contributed by atoms with Crippen LogP contribution in [0, 0.1) is 0 Å². The summed E-state index contributed by atoms with van der Waals surface area (Å²) in [5, 5.41) is 5.24. The van der Waals surface area contributed by atoms with Crippen molar-refractivity contribution in [2.45, 2.75) is 62.7 Å². The molecule has 14 nitrogen and oxygen atoms in total. The lowest BCUT2D eigenvalue weighted by molar-refractivity contribution is -0.135. The van der Waals surface area contributed by atoms with E-state index in [-0.39, 0.29) is 36.7 Å². The summed E-state index contributed by atoms with van der Waals surface area (Å²) in [7, 11) is 2.53. The van der Waals surface area contributed by atoms with E-state index in [1.165, 1.54) is 14.2 Å². The second-order valence-corrected chi connectivity index (χ2v) is 12.9. The van der Waals surface area contributed by atoms with Crippen LogP contribution in [0.25, 0.3) is 33.4 Å². The molecule has 6 rings (SSSR count). The van der Waals surface area contributed by atoms with Crippen molar-refractivity contribution in [2.75, 3.05) is 27.3 Å². The summed E-state index contributed by atoms with van der Waals surface area (Å²) < 4.78 is 9.43. The average molecular weight is 709 g/mol. The van der Waals surface area contributed by atoms with E-state index >= 15 is 0 Å². The number of fused-ring (bicyclic) bond motifs is 1. The SMILES string of the molecule is C=CC[C@H](NC(=O)OC)C(=O)N1CCC[C@H]1c1ncc(-c2ccc(-c3ccc4nc([C@@H]5CCCN5C(=O)[C@H](CC=C)NC(=O)OC)[nH]c4c3)cc2)[nH]1. The van der Waals surface area contributed by atoms with E-state index in [1.807, 2.05) is 36.4 Å². The van der Waals surface area contributed by atoms with Crippen molar-refractivity contribution in [1.82, 2.24) is 40.4 Å². The third-order valence-electron chi connectivity index (χ3n) is 9.68. The number of amides is 4. The van der Waals surface area contributed by atoms with Crippen molar-refractivity contribution in [2.24, 2.45) is 0 Å². The molecule has 0 spiro atoms. The van der Waals surface area contributed by atoms with Gasteiger partial charge in [-0.3, -0.25) is 9.59 Å². The highest BCUT2D eigenvalue weighted by Gasteiger charge is 2.37. The Morgan fingerprint density at radius 3 is 1.90 bits per heavy atom. The van der Waals surface area contributed by atoms with Gasteiger partial charge < -0.3 is 39.9 Å². The van der Waals surface area contributed by atoms with Crippen molar-refractivity contribution in [3.63, 3.8) is 0 Å². The molecule has 2 fully saturated rings. The number of methoxy groups -OCH3 is 2. The Kier molecular flexibility index (Phi) is 11.0. The minimum absolute atomic E-state index is 0.197. The van der Waals surface area contributed by atoms with Crippen LogP contribution in [-0.4, -0.2) is 93.1 Å². The molecule has 0 aliphatic carbocycles. The lowest BCUT2D eigenvalue weighted by atomic mass is 10.0. The van der Waals surface area contributed by atoms with Gasteiger partial charge in [-0.1, -0.05) is 42.5 Å². The molecule has 0 radical (unpaired) electrons. The van der Waals surface area contributed by atoms with Gasteiger partial charge in [-0.25, -0.2) is 19.6 Å². The van der Waals surface area contributed by atoms with E-state index in [4.69, 9.17) is 14.5 Å². The number of rotatable bonds is 12. The fraction of sp³-hybridized carbons (Fsp3) is 0.368. The molecule has 4 atom stereocenters. The van der Waals surface area contributed by atoms with E-state index in [1.54, 1.807) is 28.1 Å². The molecule has 2 aliphatic rings. The molecule has 0 saturated carbocycles. The fourth-order valence-electron chi connectivity index (χ4n) is 7.07. The van der Waals surface area contributed by atoms with Gasteiger partial charge in [-0.2, -0.15) is 0 Å². The predicted octanol–water partition coefficient (Wildman–Crippen LogP) is 5.55. The number of nitrogens with one attached hydrogen (secondary N) is 4. The lowest BCUT2D eigenvalue weighted by Gasteiger charge is -2.27. The second kappa shape index (κ2) is 16.0. The molecule has 2 aliphatic heterocycles. The first-order valence-electron chi connectivity index (χ1n) is 17.4. The van der Waals surface area contributed by atoms with Crippen molar-refractivity contribution < 1.29 is 28.7 Å². The standard InChI is InChI=1S/C38H44N8O6/c1-5-9-27(43-37(49)51-3)35(47)45-19-7-11-31(45)33-39-22-30(42-33)24-15-13-23(14-16-24)25-17-18-26-29(21-25)41-34(40-26)32-12-8-20-46(32)36(48)28(10-6-2)44-38(50)52-4/h5-6,13-18,21-22,27-28,31-32H,1-2,7-12,19-20H2,3-4H3,(H,39,42)(H,40,41)(H,43,49)(H,44,50)/t27-,28-,31-,32-/m0/s1. The maximum Gasteiger partial charge on any atom is 0.407 e. The van der Waals surface area contributed by atoms with Crippen molar-refractivity contribution in [3.8, 4) is 22.4 Å². The Morgan fingerprint density at radius 2 is 1.35 bits per heavy atom. The summed E-state index contributed by atoms with van der Waals surface area (Å²) in [6.45, 7) is 8.58. The largest absolute Gasteiger partial charge is 0.453 e. The number of H-pyrrole nitrogens is 2. The van der Waals surface area contributed by atoms with Gasteiger partial charge in [0.1, 0.15) is 23.7 Å². The maximum absolute atomic E-state index is 13.5. The number of carbonyl (C=O) groups is 4. The number of alkyl carbamates (subject to hydrolysis) is 2. The zero-order valence-corrected chi connectivity index (χ0v) is 29.4. The molecule has 14 heteroatoms. The highest BCUT2D eigenvalue weighted by Crippen LogP contribution is 2.35. The van der Waals surface area contributed by atoms with Crippen LogP contribution >= 0.6 is 0 Å². The van der Waals surface area contributed by atoms with E-state index in [0.717, 1.165) is 59.1 Å². The van der Waals surface area contributed by atoms with Gasteiger partial charge in [-0.05, 0) is 67.3 Å². The quantitative estimate of drug-likeness (QED) is 0.139. The zero-order valence-electron chi connectivity index (χ0n) is 29.4. The molecule has 2 saturated heterocycles. The Labute approximate surface area is 301 Å². The van der Waals surface area contributed by atoms with E-state index < -0.39 is 24.3 Å². The van der Waals surface area contributed by atoms with Crippen LogP contribution in [0.2, 0.25) is 0 Å². The molecule has 0 unspecified atom stereocenters. The Morgan fingerprint density at radius 1 is 0.808 bits per heavy atom. The summed E-state index contributed by atoms with van der Waals surface area (Å²) in [5.41, 5.74) is 5.45. The number of imidazole rings is 2. The summed E-state index contributed by atoms with van der Waals surface area (Å²) in [6.07, 6.45) is 7.39. The number of benzene rings is 2. The van der Waals surface area contributed by atoms with Crippen molar-refractivity contribution >= 4 is 35.0 Å². The monoisotopic (exact) mass is 708 g/mol. The summed E-state index contributed by atoms with van der Waals surface area (Å²) in [5.74, 6) is 1.00. The third kappa shape index (κ3) is 7.55. The Hall–Kier alpha value is -5.92. The lowest BCUT2D eigenvalue weighted by Crippen LogP contribution is -2.48. The first-order valence-corrected chi connectivity index (χ1v) is 17.4. The van der Waals surface area contributed by atoms with Crippen molar-refractivity contribution in [3.05, 3.63) is 85.6 Å². The number of nitrogens with zero attached hydrogens (tertiary/aromatic N) is 4. The van der Waals surface area contributed by atoms with Gasteiger partial charge in [0.2, 0.25) is 11.8 Å². The van der Waals surface area contributed by atoms with E-state index in [2.05, 4.69) is 44.8 Å². The minimum atomic E-state index is -0.767. The molecule has 4 heterocycles. The number of carbonyl (C=O) groups excluding carboxylic acids is 4. The first-order chi connectivity index (χ1) is 25.2. The van der Waals surface area contributed by atoms with Crippen LogP contribution in [0.4, 0.5) is 9.59 Å². The topological polar surface area (TPSA) is 175 Å². The van der Waals surface area contributed by atoms with E-state index in [9.17, 15) is 19.2 Å². The number of hydrogen-bond acceptors (Lipinski definition) is 8. The molecule has 52 heavy (non-hydrogen) atoms. The Bertz CT molecular complexity index is 1950. The van der Waals surface area contributed by atoms with Crippen LogP contribution in [0.1, 0.15) is 62.3 Å². The molecule has 2 aromatic heterocycles. The number of aromatic amines is 2. The van der Waals surface area contributed by atoms with Gasteiger partial charge >= 0.3 is 12.2 Å². The molecular formula is C38H44N8O6. The van der Waals surface area contributed by atoms with Crippen LogP contribution in [0.3, 0.4) is 0 Å². The molecule has 0 bridgehead atoms. The number of ether oxygens (including phenoxy) is 2. The molecule has 2 aromatic carbocycles. The summed E-state index contributed by atoms with van der Waals surface area (Å²) in [4.78, 5) is 70.5. The number of likely N-dealkylation sites (tertiary alicyclic amines) is 2. The van der Waals surface area contributed by atoms with Crippen LogP contribution in [-0.2, 0) is 19.1 Å². The third-order valence-corrected chi connectivity index (χ3v) is 9.68. The molecule has 4 amide bonds. The van der Waals surface area contributed by atoms with Crippen LogP contribution < -0.4 is 10.6 Å². The highest BCUT2D eigenvalue weighted by atomic mass is 16.5. The molecular weight excluding hydrogens is 664 g/mol. The first kappa shape index (κ1) is 35.9. The minimum Gasteiger partial charge on any atom is -0.453 e. The van der Waals surface area contributed by atoms with Gasteiger partial charge in [-0.15, -0.1) is 13.2 Å². The maximum atomic E-state index is 13.5. The highest BCUT2D eigenvalue weighted by molar-refractivity contribution is 5.87. The predicted molar refractivity (Wildman–Crippen MR) is 195 cm³/mol. The molecule has 272 valence electrons. The Balaban J connectivity index is 1.15. The molecule has 4 N–H and O–H groups in total. The zero-order chi connectivity index (χ0) is 36.8. The number of hydrogen-bond donors (Lipinski definition) is 4.